The fourth-order valence-corrected chi connectivity index (χ4v) is 3.67. The van der Waals surface area contributed by atoms with Crippen molar-refractivity contribution in [2.45, 2.75) is 38.0 Å². The predicted octanol–water partition coefficient (Wildman–Crippen LogP) is 4.43. The molecule has 1 heterocycles. The Kier molecular flexibility index (Phi) is 3.70. The summed E-state index contributed by atoms with van der Waals surface area (Å²) < 4.78 is 2.19. The molecule has 3 nitrogen and oxygen atoms in total. The SMILES string of the molecule is O=c1nc(C2CCCCC2)n(-c2ccccc2)c2ccccc12. The van der Waals surface area contributed by atoms with Gasteiger partial charge in [0.05, 0.1) is 10.9 Å². The molecule has 116 valence electrons. The minimum atomic E-state index is -0.103. The Morgan fingerprint density at radius 2 is 1.57 bits per heavy atom. The Morgan fingerprint density at radius 3 is 2.35 bits per heavy atom. The van der Waals surface area contributed by atoms with Gasteiger partial charge in [0.15, 0.2) is 0 Å². The van der Waals surface area contributed by atoms with E-state index in [1.54, 1.807) is 0 Å². The Labute approximate surface area is 135 Å². The molecule has 0 saturated heterocycles. The van der Waals surface area contributed by atoms with Gasteiger partial charge in [-0.15, -0.1) is 0 Å². The van der Waals surface area contributed by atoms with Crippen molar-refractivity contribution >= 4 is 10.9 Å². The summed E-state index contributed by atoms with van der Waals surface area (Å²) in [5, 5.41) is 0.691. The summed E-state index contributed by atoms with van der Waals surface area (Å²) in [7, 11) is 0. The highest BCUT2D eigenvalue weighted by Crippen LogP contribution is 2.33. The molecule has 1 saturated carbocycles. The largest absolute Gasteiger partial charge is 0.297 e. The van der Waals surface area contributed by atoms with Gasteiger partial charge in [-0.05, 0) is 37.1 Å². The van der Waals surface area contributed by atoms with E-state index < -0.39 is 0 Å². The van der Waals surface area contributed by atoms with Crippen molar-refractivity contribution in [3.63, 3.8) is 0 Å². The molecular weight excluding hydrogens is 284 g/mol. The first-order valence-electron chi connectivity index (χ1n) is 8.42. The van der Waals surface area contributed by atoms with Crippen LogP contribution < -0.4 is 5.56 Å². The molecule has 1 aromatic heterocycles. The molecule has 1 fully saturated rings. The van der Waals surface area contributed by atoms with Crippen LogP contribution in [0.2, 0.25) is 0 Å². The molecule has 1 aliphatic carbocycles. The molecule has 0 radical (unpaired) electrons. The van der Waals surface area contributed by atoms with Crippen molar-refractivity contribution in [3.8, 4) is 5.69 Å². The summed E-state index contributed by atoms with van der Waals surface area (Å²) in [6.45, 7) is 0. The van der Waals surface area contributed by atoms with Crippen molar-refractivity contribution < 1.29 is 0 Å². The molecule has 4 rings (SSSR count). The molecular formula is C20H20N2O. The third-order valence-corrected chi connectivity index (χ3v) is 4.81. The Hall–Kier alpha value is -2.42. The third-order valence-electron chi connectivity index (χ3n) is 4.81. The highest BCUT2D eigenvalue weighted by atomic mass is 16.1. The average Bonchev–Trinajstić information content (AvgIpc) is 2.63. The van der Waals surface area contributed by atoms with Gasteiger partial charge in [-0.25, -0.2) is 0 Å². The van der Waals surface area contributed by atoms with Crippen molar-refractivity contribution in [2.75, 3.05) is 0 Å². The molecule has 3 aromatic rings. The maximum absolute atomic E-state index is 12.5. The Morgan fingerprint density at radius 1 is 0.870 bits per heavy atom. The molecule has 0 N–H and O–H groups in total. The molecule has 0 amide bonds. The lowest BCUT2D eigenvalue weighted by atomic mass is 9.88. The standard InChI is InChI=1S/C20H20N2O/c23-20-17-13-7-8-14-18(17)22(16-11-5-2-6-12-16)19(21-20)15-9-3-1-4-10-15/h2,5-8,11-15H,1,3-4,9-10H2. The fraction of sp³-hybridized carbons (Fsp3) is 0.300. The monoisotopic (exact) mass is 304 g/mol. The molecule has 2 aromatic carbocycles. The highest BCUT2D eigenvalue weighted by molar-refractivity contribution is 5.80. The van der Waals surface area contributed by atoms with Crippen molar-refractivity contribution in [3.05, 3.63) is 70.8 Å². The van der Waals surface area contributed by atoms with E-state index in [0.717, 1.165) is 29.9 Å². The van der Waals surface area contributed by atoms with Crippen LogP contribution in [-0.4, -0.2) is 9.55 Å². The number of para-hydroxylation sites is 2. The number of fused-ring (bicyclic) bond motifs is 1. The summed E-state index contributed by atoms with van der Waals surface area (Å²) in [6.07, 6.45) is 5.99. The molecule has 3 heteroatoms. The smallest absolute Gasteiger partial charge is 0.280 e. The van der Waals surface area contributed by atoms with Crippen LogP contribution in [0, 0.1) is 0 Å². The van der Waals surface area contributed by atoms with Crippen LogP contribution in [0.4, 0.5) is 0 Å². The minimum Gasteiger partial charge on any atom is -0.297 e. The lowest BCUT2D eigenvalue weighted by Crippen LogP contribution is -2.22. The van der Waals surface area contributed by atoms with Crippen molar-refractivity contribution in [2.24, 2.45) is 0 Å². The average molecular weight is 304 g/mol. The van der Waals surface area contributed by atoms with Crippen molar-refractivity contribution in [1.82, 2.24) is 9.55 Å². The predicted molar refractivity (Wildman–Crippen MR) is 93.2 cm³/mol. The van der Waals surface area contributed by atoms with Gasteiger partial charge >= 0.3 is 0 Å². The zero-order valence-corrected chi connectivity index (χ0v) is 13.1. The zero-order chi connectivity index (χ0) is 15.6. The first kappa shape index (κ1) is 14.2. The molecule has 0 atom stereocenters. The molecule has 0 unspecified atom stereocenters. The van der Waals surface area contributed by atoms with Gasteiger partial charge in [0, 0.05) is 11.6 Å². The highest BCUT2D eigenvalue weighted by Gasteiger charge is 2.22. The topological polar surface area (TPSA) is 34.9 Å². The second-order valence-corrected chi connectivity index (χ2v) is 6.30. The van der Waals surface area contributed by atoms with E-state index in [1.807, 2.05) is 42.5 Å². The van der Waals surface area contributed by atoms with Gasteiger partial charge in [0.1, 0.15) is 5.82 Å². The number of nitrogens with zero attached hydrogens (tertiary/aromatic N) is 2. The van der Waals surface area contributed by atoms with E-state index in [9.17, 15) is 4.79 Å². The Bertz CT molecular complexity index is 877. The van der Waals surface area contributed by atoms with Crippen LogP contribution in [0.25, 0.3) is 16.6 Å². The summed E-state index contributed by atoms with van der Waals surface area (Å²) in [5.74, 6) is 1.31. The maximum Gasteiger partial charge on any atom is 0.280 e. The van der Waals surface area contributed by atoms with Gasteiger partial charge in [0.25, 0.3) is 5.56 Å². The van der Waals surface area contributed by atoms with E-state index in [4.69, 9.17) is 0 Å². The first-order valence-corrected chi connectivity index (χ1v) is 8.42. The van der Waals surface area contributed by atoms with E-state index in [0.29, 0.717) is 11.3 Å². The summed E-state index contributed by atoms with van der Waals surface area (Å²) in [5.41, 5.74) is 1.93. The second kappa shape index (κ2) is 5.99. The van der Waals surface area contributed by atoms with Gasteiger partial charge in [-0.3, -0.25) is 9.36 Å². The number of hydrogen-bond donors (Lipinski definition) is 0. The van der Waals surface area contributed by atoms with E-state index in [-0.39, 0.29) is 5.56 Å². The van der Waals surface area contributed by atoms with Crippen molar-refractivity contribution in [1.29, 1.82) is 0 Å². The molecule has 23 heavy (non-hydrogen) atoms. The second-order valence-electron chi connectivity index (χ2n) is 6.30. The van der Waals surface area contributed by atoms with E-state index in [2.05, 4.69) is 21.7 Å². The summed E-state index contributed by atoms with van der Waals surface area (Å²) in [4.78, 5) is 17.0. The van der Waals surface area contributed by atoms with E-state index >= 15 is 0 Å². The van der Waals surface area contributed by atoms with E-state index in [1.165, 1.54) is 19.3 Å². The van der Waals surface area contributed by atoms with Gasteiger partial charge < -0.3 is 0 Å². The number of aromatic nitrogens is 2. The van der Waals surface area contributed by atoms with Crippen LogP contribution in [0.5, 0.6) is 0 Å². The molecule has 0 aliphatic heterocycles. The van der Waals surface area contributed by atoms with Gasteiger partial charge in [0.2, 0.25) is 0 Å². The first-order chi connectivity index (χ1) is 11.3. The summed E-state index contributed by atoms with van der Waals surface area (Å²) in [6, 6.07) is 18.1. The quantitative estimate of drug-likeness (QED) is 0.702. The normalized spacial score (nSPS) is 15.8. The fourth-order valence-electron chi connectivity index (χ4n) is 3.67. The van der Waals surface area contributed by atoms with Crippen LogP contribution in [0.15, 0.2) is 59.4 Å². The van der Waals surface area contributed by atoms with Crippen LogP contribution in [0.1, 0.15) is 43.8 Å². The number of hydrogen-bond acceptors (Lipinski definition) is 2. The van der Waals surface area contributed by atoms with Gasteiger partial charge in [-0.2, -0.15) is 4.98 Å². The number of rotatable bonds is 2. The zero-order valence-electron chi connectivity index (χ0n) is 13.1. The maximum atomic E-state index is 12.5. The van der Waals surface area contributed by atoms with Crippen LogP contribution in [0.3, 0.4) is 0 Å². The van der Waals surface area contributed by atoms with Gasteiger partial charge in [-0.1, -0.05) is 49.6 Å². The minimum absolute atomic E-state index is 0.103. The lowest BCUT2D eigenvalue weighted by molar-refractivity contribution is 0.423. The molecule has 0 spiro atoms. The molecule has 0 bridgehead atoms. The van der Waals surface area contributed by atoms with Crippen LogP contribution >= 0.6 is 0 Å². The lowest BCUT2D eigenvalue weighted by Gasteiger charge is -2.25. The Balaban J connectivity index is 2.02. The third kappa shape index (κ3) is 2.56. The van der Waals surface area contributed by atoms with Crippen LogP contribution in [-0.2, 0) is 0 Å². The number of benzene rings is 2. The molecule has 1 aliphatic rings. The summed E-state index contributed by atoms with van der Waals surface area (Å²) >= 11 is 0.